The van der Waals surface area contributed by atoms with Crippen molar-refractivity contribution in [3.63, 3.8) is 0 Å². The van der Waals surface area contributed by atoms with Gasteiger partial charge in [-0.25, -0.2) is 4.90 Å². The number of ketones is 1. The highest BCUT2D eigenvalue weighted by atomic mass is 79.9. The zero-order valence-electron chi connectivity index (χ0n) is 16.8. The van der Waals surface area contributed by atoms with E-state index in [4.69, 9.17) is 4.74 Å². The summed E-state index contributed by atoms with van der Waals surface area (Å²) < 4.78 is 5.87. The fourth-order valence-electron chi connectivity index (χ4n) is 5.39. The van der Waals surface area contributed by atoms with Gasteiger partial charge in [0, 0.05) is 21.3 Å². The summed E-state index contributed by atoms with van der Waals surface area (Å²) in [5.41, 5.74) is 1.07. The molecule has 7 heteroatoms. The number of carbonyl (C=O) groups is 3. The van der Waals surface area contributed by atoms with Crippen LogP contribution in [0.15, 0.2) is 54.6 Å². The van der Waals surface area contributed by atoms with Crippen LogP contribution in [0, 0.1) is 23.7 Å². The number of hydrogen-bond acceptors (Lipinski definition) is 4. The van der Waals surface area contributed by atoms with E-state index >= 15 is 0 Å². The third-order valence-corrected chi connectivity index (χ3v) is 10.0. The molecule has 1 heterocycles. The second-order valence-corrected chi connectivity index (χ2v) is 10.6. The third-order valence-electron chi connectivity index (χ3n) is 6.80. The second kappa shape index (κ2) is 7.85. The Bertz CT molecular complexity index is 1030. The van der Waals surface area contributed by atoms with Crippen molar-refractivity contribution in [2.24, 2.45) is 23.7 Å². The molecule has 2 aromatic rings. The number of anilines is 1. The van der Waals surface area contributed by atoms with Gasteiger partial charge in [0.25, 0.3) is 0 Å². The molecular formula is C24H21Br2NO4. The van der Waals surface area contributed by atoms with Gasteiger partial charge in [-0.2, -0.15) is 0 Å². The van der Waals surface area contributed by atoms with Crippen LogP contribution in [0.25, 0.3) is 0 Å². The summed E-state index contributed by atoms with van der Waals surface area (Å²) in [6.45, 7) is 1.70. The van der Waals surface area contributed by atoms with E-state index in [-0.39, 0.29) is 50.9 Å². The Morgan fingerprint density at radius 2 is 1.58 bits per heavy atom. The zero-order valence-corrected chi connectivity index (χ0v) is 20.0. The Kier molecular flexibility index (Phi) is 5.29. The number of alkyl halides is 2. The molecule has 2 aromatic carbocycles. The number of ether oxygens (including phenoxy) is 1. The zero-order chi connectivity index (χ0) is 21.9. The normalized spacial score (nSPS) is 32.3. The maximum Gasteiger partial charge on any atom is 0.238 e. The number of carbonyl (C=O) groups excluding carboxylic acids is 3. The highest BCUT2D eigenvalue weighted by Crippen LogP contribution is 2.60. The largest absolute Gasteiger partial charge is 0.482 e. The smallest absolute Gasteiger partial charge is 0.238 e. The minimum absolute atomic E-state index is 0.128. The molecule has 2 amide bonds. The summed E-state index contributed by atoms with van der Waals surface area (Å²) in [5, 5.41) is 0. The van der Waals surface area contributed by atoms with Crippen LogP contribution in [0.4, 0.5) is 5.69 Å². The number of Topliss-reactive ketones (excluding diaryl/α,β-unsaturated/α-hetero) is 1. The van der Waals surface area contributed by atoms with Gasteiger partial charge in [-0.1, -0.05) is 68.3 Å². The molecule has 7 atom stereocenters. The maximum absolute atomic E-state index is 13.2. The number of halogens is 2. The molecular weight excluding hydrogens is 526 g/mol. The van der Waals surface area contributed by atoms with Crippen molar-refractivity contribution in [2.45, 2.75) is 29.1 Å². The van der Waals surface area contributed by atoms with Crippen LogP contribution in [0.1, 0.15) is 23.7 Å². The lowest BCUT2D eigenvalue weighted by Crippen LogP contribution is -2.37. The van der Waals surface area contributed by atoms with Gasteiger partial charge in [0.15, 0.2) is 6.10 Å². The molecule has 0 N–H and O–H groups in total. The van der Waals surface area contributed by atoms with Crippen LogP contribution in [-0.2, 0) is 9.59 Å². The van der Waals surface area contributed by atoms with Crippen LogP contribution >= 0.6 is 31.9 Å². The highest BCUT2D eigenvalue weighted by molar-refractivity contribution is 9.12. The molecule has 160 valence electrons. The van der Waals surface area contributed by atoms with Gasteiger partial charge >= 0.3 is 0 Å². The molecule has 31 heavy (non-hydrogen) atoms. The van der Waals surface area contributed by atoms with Crippen molar-refractivity contribution in [1.82, 2.24) is 0 Å². The number of nitrogens with zero attached hydrogens (tertiary/aromatic N) is 1. The van der Waals surface area contributed by atoms with Gasteiger partial charge in [0.1, 0.15) is 5.75 Å². The first-order valence-electron chi connectivity index (χ1n) is 10.4. The first-order valence-corrected chi connectivity index (χ1v) is 12.2. The van der Waals surface area contributed by atoms with Crippen molar-refractivity contribution in [2.75, 3.05) is 4.90 Å². The number of amides is 2. The van der Waals surface area contributed by atoms with E-state index in [1.165, 1.54) is 4.90 Å². The molecule has 2 saturated carbocycles. The average Bonchev–Trinajstić information content (AvgIpc) is 3.38. The summed E-state index contributed by atoms with van der Waals surface area (Å²) in [4.78, 5) is 40.8. The molecule has 5 rings (SSSR count). The lowest BCUT2D eigenvalue weighted by atomic mass is 9.81. The molecule has 3 aliphatic rings. The summed E-state index contributed by atoms with van der Waals surface area (Å²) in [7, 11) is 0. The van der Waals surface area contributed by atoms with E-state index in [1.807, 2.05) is 18.2 Å². The van der Waals surface area contributed by atoms with Crippen molar-refractivity contribution >= 4 is 55.1 Å². The predicted octanol–water partition coefficient (Wildman–Crippen LogP) is 4.62. The van der Waals surface area contributed by atoms with E-state index < -0.39 is 6.10 Å². The van der Waals surface area contributed by atoms with Gasteiger partial charge in [-0.05, 0) is 37.3 Å². The highest BCUT2D eigenvalue weighted by Gasteiger charge is 2.66. The van der Waals surface area contributed by atoms with Gasteiger partial charge < -0.3 is 4.74 Å². The number of fused-ring (bicyclic) bond motifs is 5. The number of rotatable bonds is 5. The molecule has 2 bridgehead atoms. The van der Waals surface area contributed by atoms with Gasteiger partial charge in [0.05, 0.1) is 17.5 Å². The van der Waals surface area contributed by atoms with Crippen LogP contribution < -0.4 is 9.64 Å². The third kappa shape index (κ3) is 3.28. The molecule has 3 fully saturated rings. The predicted molar refractivity (Wildman–Crippen MR) is 124 cm³/mol. The molecule has 0 aromatic heterocycles. The number of imide groups is 1. The van der Waals surface area contributed by atoms with Crippen molar-refractivity contribution in [3.8, 4) is 5.75 Å². The summed E-state index contributed by atoms with van der Waals surface area (Å²) >= 11 is 7.42. The number of benzene rings is 2. The molecule has 0 unspecified atom stereocenters. The maximum atomic E-state index is 13.2. The van der Waals surface area contributed by atoms with Gasteiger partial charge in [0.2, 0.25) is 17.6 Å². The lowest BCUT2D eigenvalue weighted by Gasteiger charge is -2.28. The molecule has 2 aliphatic carbocycles. The van der Waals surface area contributed by atoms with Crippen LogP contribution in [0.3, 0.4) is 0 Å². The summed E-state index contributed by atoms with van der Waals surface area (Å²) in [5.74, 6) is -0.122. The van der Waals surface area contributed by atoms with Crippen LogP contribution in [0.5, 0.6) is 5.75 Å². The molecule has 0 radical (unpaired) electrons. The Labute approximate surface area is 197 Å². The van der Waals surface area contributed by atoms with Crippen molar-refractivity contribution < 1.29 is 19.1 Å². The van der Waals surface area contributed by atoms with E-state index in [2.05, 4.69) is 31.9 Å². The Morgan fingerprint density at radius 3 is 2.19 bits per heavy atom. The Morgan fingerprint density at radius 1 is 0.968 bits per heavy atom. The van der Waals surface area contributed by atoms with E-state index in [0.717, 1.165) is 6.42 Å². The monoisotopic (exact) mass is 545 g/mol. The fraction of sp³-hybridized carbons (Fsp3) is 0.375. The topological polar surface area (TPSA) is 63.7 Å². The van der Waals surface area contributed by atoms with E-state index in [1.54, 1.807) is 43.3 Å². The van der Waals surface area contributed by atoms with Crippen LogP contribution in [0.2, 0.25) is 0 Å². The minimum Gasteiger partial charge on any atom is -0.482 e. The minimum atomic E-state index is -0.693. The SMILES string of the molecule is C[C@H](Oc1cccc(N2C(=O)[C@@H]3[C@H]4C[C@@H]([C@H](Br)[C@@H]4Br)[C@@H]3C2=O)c1)C(=O)c1ccccc1. The molecule has 0 spiro atoms. The Hall–Kier alpha value is -1.99. The lowest BCUT2D eigenvalue weighted by molar-refractivity contribution is -0.123. The Balaban J connectivity index is 1.37. The second-order valence-electron chi connectivity index (χ2n) is 8.50. The van der Waals surface area contributed by atoms with Crippen molar-refractivity contribution in [1.29, 1.82) is 0 Å². The van der Waals surface area contributed by atoms with Gasteiger partial charge in [-0.15, -0.1) is 0 Å². The first-order chi connectivity index (χ1) is 14.9. The average molecular weight is 547 g/mol. The molecule has 1 saturated heterocycles. The summed E-state index contributed by atoms with van der Waals surface area (Å²) in [6, 6.07) is 15.9. The number of hydrogen-bond donors (Lipinski definition) is 0. The standard InChI is InChI=1S/C24H21Br2NO4/c1-12(22(28)13-6-3-2-4-7-13)31-15-9-5-8-14(10-15)27-23(29)18-16-11-17(19(18)24(27)30)21(26)20(16)25/h2-10,12,16-21H,11H2,1H3/t12-,16+,17+,18-,19+,20-,21+/m0/s1. The quantitative estimate of drug-likeness (QED) is 0.312. The first kappa shape index (κ1) is 20.9. The summed E-state index contributed by atoms with van der Waals surface area (Å²) in [6.07, 6.45) is 0.204. The molecule has 5 nitrogen and oxygen atoms in total. The fourth-order valence-corrected chi connectivity index (χ4v) is 7.27. The molecule has 1 aliphatic heterocycles. The van der Waals surface area contributed by atoms with E-state index in [9.17, 15) is 14.4 Å². The van der Waals surface area contributed by atoms with Gasteiger partial charge in [-0.3, -0.25) is 14.4 Å². The van der Waals surface area contributed by atoms with Crippen molar-refractivity contribution in [3.05, 3.63) is 60.2 Å². The van der Waals surface area contributed by atoms with E-state index in [0.29, 0.717) is 17.0 Å². The van der Waals surface area contributed by atoms with Crippen LogP contribution in [-0.4, -0.2) is 33.4 Å².